The summed E-state index contributed by atoms with van der Waals surface area (Å²) < 4.78 is 5.61. The van der Waals surface area contributed by atoms with Gasteiger partial charge in [-0.3, -0.25) is 4.79 Å². The molecule has 0 radical (unpaired) electrons. The van der Waals surface area contributed by atoms with E-state index in [1.165, 1.54) is 0 Å². The summed E-state index contributed by atoms with van der Waals surface area (Å²) in [4.78, 5) is 11.8. The number of carbonyl (C=O) groups is 1. The summed E-state index contributed by atoms with van der Waals surface area (Å²) in [7, 11) is 0. The van der Waals surface area contributed by atoms with E-state index in [9.17, 15) is 4.79 Å². The Morgan fingerprint density at radius 2 is 2.19 bits per heavy atom. The molecule has 1 heterocycles. The lowest BCUT2D eigenvalue weighted by Gasteiger charge is -2.24. The van der Waals surface area contributed by atoms with Crippen molar-refractivity contribution in [1.29, 1.82) is 5.26 Å². The monoisotopic (exact) mass is 284 g/mol. The minimum Gasteiger partial charge on any atom is -0.444 e. The Hall–Kier alpha value is -1.28. The second-order valence-electron chi connectivity index (χ2n) is 3.46. The number of rotatable bonds is 4. The van der Waals surface area contributed by atoms with Gasteiger partial charge in [-0.15, -0.1) is 0 Å². The van der Waals surface area contributed by atoms with Crippen LogP contribution in [0.2, 0.25) is 0 Å². The predicted molar refractivity (Wildman–Crippen MR) is 62.8 cm³/mol. The lowest BCUT2D eigenvalue weighted by atomic mass is 9.94. The predicted octanol–water partition coefficient (Wildman–Crippen LogP) is 2.85. The maximum absolute atomic E-state index is 11.8. The average Bonchev–Trinajstić information content (AvgIpc) is 2.73. The molecule has 1 aromatic rings. The van der Waals surface area contributed by atoms with E-state index in [-0.39, 0.29) is 11.7 Å². The Morgan fingerprint density at radius 1 is 1.56 bits per heavy atom. The number of amides is 1. The quantitative estimate of drug-likeness (QED) is 0.925. The standard InChI is InChI=1S/C11H13BrN2O2/c1-3-11(4-2,7-13)14-10(15)8-5-6-9(12)16-8/h5-6H,3-4H2,1-2H3,(H,14,15). The topological polar surface area (TPSA) is 66.0 Å². The lowest BCUT2D eigenvalue weighted by molar-refractivity contribution is 0.0886. The summed E-state index contributed by atoms with van der Waals surface area (Å²) in [5.74, 6) is -0.163. The van der Waals surface area contributed by atoms with Crippen molar-refractivity contribution in [2.75, 3.05) is 0 Å². The molecule has 1 aromatic heterocycles. The average molecular weight is 285 g/mol. The maximum Gasteiger partial charge on any atom is 0.288 e. The Morgan fingerprint density at radius 3 is 2.56 bits per heavy atom. The molecule has 1 amide bonds. The first-order valence-electron chi connectivity index (χ1n) is 5.06. The van der Waals surface area contributed by atoms with E-state index in [4.69, 9.17) is 9.68 Å². The number of carbonyl (C=O) groups excluding carboxylic acids is 1. The number of hydrogen-bond donors (Lipinski definition) is 1. The molecule has 0 spiro atoms. The van der Waals surface area contributed by atoms with Crippen LogP contribution in [0.5, 0.6) is 0 Å². The molecular formula is C11H13BrN2O2. The van der Waals surface area contributed by atoms with Crippen LogP contribution < -0.4 is 5.32 Å². The minimum absolute atomic E-state index is 0.202. The second-order valence-corrected chi connectivity index (χ2v) is 4.24. The van der Waals surface area contributed by atoms with Crippen molar-refractivity contribution in [1.82, 2.24) is 5.32 Å². The van der Waals surface area contributed by atoms with Crippen LogP contribution >= 0.6 is 15.9 Å². The first-order valence-corrected chi connectivity index (χ1v) is 5.85. The third-order valence-corrected chi connectivity index (χ3v) is 3.00. The van der Waals surface area contributed by atoms with Crippen molar-refractivity contribution in [2.45, 2.75) is 32.2 Å². The van der Waals surface area contributed by atoms with Crippen LogP contribution in [0.3, 0.4) is 0 Å². The molecule has 86 valence electrons. The van der Waals surface area contributed by atoms with Crippen LogP contribution in [-0.2, 0) is 0 Å². The normalized spacial score (nSPS) is 10.9. The summed E-state index contributed by atoms with van der Waals surface area (Å²) in [5, 5.41) is 11.8. The van der Waals surface area contributed by atoms with E-state index in [1.807, 2.05) is 13.8 Å². The van der Waals surface area contributed by atoms with Crippen molar-refractivity contribution in [2.24, 2.45) is 0 Å². The zero-order valence-corrected chi connectivity index (χ0v) is 10.8. The largest absolute Gasteiger partial charge is 0.444 e. The van der Waals surface area contributed by atoms with Gasteiger partial charge in [0.05, 0.1) is 6.07 Å². The molecule has 0 unspecified atom stereocenters. The molecule has 5 heteroatoms. The van der Waals surface area contributed by atoms with E-state index < -0.39 is 5.54 Å². The van der Waals surface area contributed by atoms with E-state index in [0.29, 0.717) is 17.5 Å². The summed E-state index contributed by atoms with van der Waals surface area (Å²) in [6.07, 6.45) is 1.13. The zero-order chi connectivity index (χ0) is 12.2. The molecule has 16 heavy (non-hydrogen) atoms. The van der Waals surface area contributed by atoms with Gasteiger partial charge in [0, 0.05) is 0 Å². The SMILES string of the molecule is CCC(C#N)(CC)NC(=O)c1ccc(Br)o1. The third-order valence-electron chi connectivity index (χ3n) is 2.57. The van der Waals surface area contributed by atoms with Gasteiger partial charge in [-0.1, -0.05) is 13.8 Å². The second kappa shape index (κ2) is 5.17. The van der Waals surface area contributed by atoms with Crippen LogP contribution in [0.4, 0.5) is 0 Å². The van der Waals surface area contributed by atoms with Gasteiger partial charge in [-0.25, -0.2) is 0 Å². The molecular weight excluding hydrogens is 272 g/mol. The van der Waals surface area contributed by atoms with Crippen molar-refractivity contribution in [3.63, 3.8) is 0 Å². The maximum atomic E-state index is 11.8. The van der Waals surface area contributed by atoms with Crippen molar-refractivity contribution in [3.8, 4) is 6.07 Å². The van der Waals surface area contributed by atoms with E-state index >= 15 is 0 Å². The number of furan rings is 1. The highest BCUT2D eigenvalue weighted by Gasteiger charge is 2.29. The van der Waals surface area contributed by atoms with Gasteiger partial charge in [-0.05, 0) is 40.9 Å². The highest BCUT2D eigenvalue weighted by Crippen LogP contribution is 2.17. The zero-order valence-electron chi connectivity index (χ0n) is 9.21. The number of halogens is 1. The third kappa shape index (κ3) is 2.64. The first-order chi connectivity index (χ1) is 7.56. The van der Waals surface area contributed by atoms with Crippen LogP contribution in [0.1, 0.15) is 37.2 Å². The number of hydrogen-bond acceptors (Lipinski definition) is 3. The van der Waals surface area contributed by atoms with Gasteiger partial charge in [-0.2, -0.15) is 5.26 Å². The fourth-order valence-corrected chi connectivity index (χ4v) is 1.63. The Kier molecular flexibility index (Phi) is 4.13. The molecule has 4 nitrogen and oxygen atoms in total. The molecule has 0 fully saturated rings. The summed E-state index contributed by atoms with van der Waals surface area (Å²) in [6, 6.07) is 5.34. The fraction of sp³-hybridized carbons (Fsp3) is 0.455. The summed E-state index contributed by atoms with van der Waals surface area (Å²) in [5.41, 5.74) is -0.809. The molecule has 1 N–H and O–H groups in total. The molecule has 0 aliphatic carbocycles. The van der Waals surface area contributed by atoms with Gasteiger partial charge < -0.3 is 9.73 Å². The van der Waals surface area contributed by atoms with Crippen LogP contribution in [-0.4, -0.2) is 11.4 Å². The molecule has 1 rings (SSSR count). The fourth-order valence-electron chi connectivity index (χ4n) is 1.33. The van der Waals surface area contributed by atoms with Gasteiger partial charge in [0.1, 0.15) is 5.54 Å². The molecule has 0 saturated carbocycles. The molecule has 0 saturated heterocycles. The van der Waals surface area contributed by atoms with Crippen molar-refractivity contribution < 1.29 is 9.21 Å². The highest BCUT2D eigenvalue weighted by atomic mass is 79.9. The Balaban J connectivity index is 2.81. The molecule has 0 aliphatic heterocycles. The van der Waals surface area contributed by atoms with E-state index in [2.05, 4.69) is 27.3 Å². The number of nitriles is 1. The van der Waals surface area contributed by atoms with Crippen LogP contribution in [0, 0.1) is 11.3 Å². The summed E-state index contributed by atoms with van der Waals surface area (Å²) >= 11 is 3.12. The highest BCUT2D eigenvalue weighted by molar-refractivity contribution is 9.10. The smallest absolute Gasteiger partial charge is 0.288 e. The minimum atomic E-state index is -0.809. The van der Waals surface area contributed by atoms with Crippen LogP contribution in [0.25, 0.3) is 0 Å². The van der Waals surface area contributed by atoms with Gasteiger partial charge in [0.25, 0.3) is 5.91 Å². The number of nitrogens with zero attached hydrogens (tertiary/aromatic N) is 1. The van der Waals surface area contributed by atoms with Gasteiger partial charge in [0.2, 0.25) is 0 Å². The summed E-state index contributed by atoms with van der Waals surface area (Å²) in [6.45, 7) is 3.73. The molecule has 0 aromatic carbocycles. The number of nitrogens with one attached hydrogen (secondary N) is 1. The van der Waals surface area contributed by atoms with E-state index in [0.717, 1.165) is 0 Å². The first kappa shape index (κ1) is 12.8. The Labute approximate surface area is 103 Å². The molecule has 0 bridgehead atoms. The molecule has 0 aliphatic rings. The van der Waals surface area contributed by atoms with Crippen molar-refractivity contribution >= 4 is 21.8 Å². The van der Waals surface area contributed by atoms with Crippen LogP contribution in [0.15, 0.2) is 21.2 Å². The lowest BCUT2D eigenvalue weighted by Crippen LogP contribution is -2.46. The van der Waals surface area contributed by atoms with Gasteiger partial charge >= 0.3 is 0 Å². The Bertz CT molecular complexity index is 416. The van der Waals surface area contributed by atoms with Gasteiger partial charge in [0.15, 0.2) is 10.4 Å². The van der Waals surface area contributed by atoms with Crippen molar-refractivity contribution in [3.05, 3.63) is 22.6 Å². The molecule has 0 atom stereocenters. The van der Waals surface area contributed by atoms with E-state index in [1.54, 1.807) is 12.1 Å².